The van der Waals surface area contributed by atoms with Crippen LogP contribution in [0.15, 0.2) is 60.7 Å². The van der Waals surface area contributed by atoms with Crippen LogP contribution in [0.25, 0.3) is 22.3 Å². The highest BCUT2D eigenvalue weighted by Crippen LogP contribution is 2.33. The molecule has 6 nitrogen and oxygen atoms in total. The first-order chi connectivity index (χ1) is 13.4. The number of nitrogens with two attached hydrogens (primary N) is 1. The zero-order valence-corrected chi connectivity index (χ0v) is 16.3. The predicted molar refractivity (Wildman–Crippen MR) is 114 cm³/mol. The first kappa shape index (κ1) is 18.0. The lowest BCUT2D eigenvalue weighted by molar-refractivity contribution is 0.364. The number of benzene rings is 2. The van der Waals surface area contributed by atoms with Crippen molar-refractivity contribution < 1.29 is 0 Å². The van der Waals surface area contributed by atoms with Gasteiger partial charge in [0, 0.05) is 12.1 Å². The van der Waals surface area contributed by atoms with Crippen molar-refractivity contribution in [3.8, 4) is 11.3 Å². The number of nitrogens with zero attached hydrogens (tertiary/aromatic N) is 4. The fourth-order valence-electron chi connectivity index (χ4n) is 3.18. The molecule has 0 atom stereocenters. The second-order valence-corrected chi connectivity index (χ2v) is 7.77. The molecule has 6 heteroatoms. The van der Waals surface area contributed by atoms with Gasteiger partial charge in [-0.1, -0.05) is 60.7 Å². The molecule has 0 aliphatic rings. The lowest BCUT2D eigenvalue weighted by Gasteiger charge is -2.20. The summed E-state index contributed by atoms with van der Waals surface area (Å²) in [6, 6.07) is 20.2. The lowest BCUT2D eigenvalue weighted by Crippen LogP contribution is -2.24. The zero-order chi connectivity index (χ0) is 19.7. The van der Waals surface area contributed by atoms with Crippen LogP contribution in [-0.4, -0.2) is 19.7 Å². The van der Waals surface area contributed by atoms with Crippen molar-refractivity contribution in [3.05, 3.63) is 66.2 Å². The molecule has 0 fully saturated rings. The van der Waals surface area contributed by atoms with Crippen LogP contribution in [0.5, 0.6) is 0 Å². The molecule has 0 saturated heterocycles. The summed E-state index contributed by atoms with van der Waals surface area (Å²) in [5.41, 5.74) is 9.75. The molecule has 0 bridgehead atoms. The Bertz CT molecular complexity index is 1090. The molecular formula is C22H24N6. The Kier molecular flexibility index (Phi) is 4.47. The Morgan fingerprint density at radius 3 is 2.21 bits per heavy atom. The Labute approximate surface area is 164 Å². The molecule has 4 rings (SSSR count). The normalized spacial score (nSPS) is 11.7. The highest BCUT2D eigenvalue weighted by atomic mass is 15.4. The Balaban J connectivity index is 1.84. The summed E-state index contributed by atoms with van der Waals surface area (Å²) in [5, 5.41) is 8.79. The van der Waals surface area contributed by atoms with Crippen molar-refractivity contribution >= 4 is 22.8 Å². The van der Waals surface area contributed by atoms with Gasteiger partial charge < -0.3 is 11.1 Å². The minimum Gasteiger partial charge on any atom is -0.383 e. The highest BCUT2D eigenvalue weighted by molar-refractivity contribution is 5.99. The van der Waals surface area contributed by atoms with Gasteiger partial charge in [-0.05, 0) is 26.3 Å². The standard InChI is InChI=1S/C22H24N6/c1-22(2,3)28-19(23)17-18(16-12-8-5-9-13-16)25-21(26-20(17)27-28)24-14-15-10-6-4-7-11-15/h4-13H,14,23H2,1-3H3,(H,24,26,27). The average molecular weight is 372 g/mol. The van der Waals surface area contributed by atoms with Gasteiger partial charge in [0.05, 0.1) is 16.6 Å². The number of rotatable bonds is 4. The molecule has 2 aromatic heterocycles. The second kappa shape index (κ2) is 6.96. The number of hydrogen-bond acceptors (Lipinski definition) is 5. The molecule has 0 spiro atoms. The van der Waals surface area contributed by atoms with Crippen molar-refractivity contribution in [1.82, 2.24) is 19.7 Å². The molecule has 2 heterocycles. The summed E-state index contributed by atoms with van der Waals surface area (Å²) in [7, 11) is 0. The van der Waals surface area contributed by atoms with Crippen LogP contribution in [0.1, 0.15) is 26.3 Å². The Morgan fingerprint density at radius 2 is 1.57 bits per heavy atom. The van der Waals surface area contributed by atoms with E-state index < -0.39 is 0 Å². The van der Waals surface area contributed by atoms with Gasteiger partial charge in [-0.25, -0.2) is 9.67 Å². The molecule has 0 radical (unpaired) electrons. The maximum absolute atomic E-state index is 6.48. The first-order valence-electron chi connectivity index (χ1n) is 9.33. The maximum atomic E-state index is 6.48. The molecule has 0 amide bonds. The molecule has 0 saturated carbocycles. The largest absolute Gasteiger partial charge is 0.383 e. The van der Waals surface area contributed by atoms with E-state index in [0.717, 1.165) is 22.2 Å². The summed E-state index contributed by atoms with van der Waals surface area (Å²) in [4.78, 5) is 9.42. The molecule has 0 unspecified atom stereocenters. The van der Waals surface area contributed by atoms with E-state index in [2.05, 4.69) is 48.3 Å². The van der Waals surface area contributed by atoms with Crippen LogP contribution in [0, 0.1) is 0 Å². The highest BCUT2D eigenvalue weighted by Gasteiger charge is 2.24. The van der Waals surface area contributed by atoms with Gasteiger partial charge in [0.1, 0.15) is 5.82 Å². The third-order valence-corrected chi connectivity index (χ3v) is 4.55. The third kappa shape index (κ3) is 3.41. The number of anilines is 2. The van der Waals surface area contributed by atoms with E-state index in [1.165, 1.54) is 0 Å². The molecule has 142 valence electrons. The van der Waals surface area contributed by atoms with Gasteiger partial charge in [0.15, 0.2) is 5.65 Å². The number of fused-ring (bicyclic) bond motifs is 1. The van der Waals surface area contributed by atoms with Crippen LogP contribution in [0.4, 0.5) is 11.8 Å². The lowest BCUT2D eigenvalue weighted by atomic mass is 10.1. The zero-order valence-electron chi connectivity index (χ0n) is 16.3. The summed E-state index contributed by atoms with van der Waals surface area (Å²) in [6.45, 7) is 6.84. The average Bonchev–Trinajstić information content (AvgIpc) is 3.04. The fourth-order valence-corrected chi connectivity index (χ4v) is 3.18. The smallest absolute Gasteiger partial charge is 0.225 e. The van der Waals surface area contributed by atoms with Crippen LogP contribution in [0.3, 0.4) is 0 Å². The monoisotopic (exact) mass is 372 g/mol. The summed E-state index contributed by atoms with van der Waals surface area (Å²) >= 11 is 0. The number of aromatic nitrogens is 4. The summed E-state index contributed by atoms with van der Waals surface area (Å²) in [5.74, 6) is 1.12. The Hall–Kier alpha value is -3.41. The van der Waals surface area contributed by atoms with E-state index in [0.29, 0.717) is 24.0 Å². The SMILES string of the molecule is CC(C)(C)n1nc2nc(NCc3ccccc3)nc(-c3ccccc3)c2c1N. The minimum atomic E-state index is -0.254. The van der Waals surface area contributed by atoms with Gasteiger partial charge in [0.2, 0.25) is 5.95 Å². The molecular weight excluding hydrogens is 348 g/mol. The molecule has 4 aromatic rings. The maximum Gasteiger partial charge on any atom is 0.225 e. The number of nitrogen functional groups attached to an aromatic ring is 1. The second-order valence-electron chi connectivity index (χ2n) is 7.77. The van der Waals surface area contributed by atoms with Gasteiger partial charge in [-0.15, -0.1) is 5.10 Å². The van der Waals surface area contributed by atoms with E-state index in [1.54, 1.807) is 0 Å². The molecule has 0 aliphatic heterocycles. The van der Waals surface area contributed by atoms with Crippen LogP contribution >= 0.6 is 0 Å². The van der Waals surface area contributed by atoms with E-state index in [-0.39, 0.29) is 5.54 Å². The van der Waals surface area contributed by atoms with Crippen molar-refractivity contribution in [1.29, 1.82) is 0 Å². The van der Waals surface area contributed by atoms with Gasteiger partial charge in [-0.3, -0.25) is 0 Å². The van der Waals surface area contributed by atoms with E-state index in [1.807, 2.05) is 53.2 Å². The van der Waals surface area contributed by atoms with Crippen LogP contribution < -0.4 is 11.1 Å². The van der Waals surface area contributed by atoms with Crippen molar-refractivity contribution in [2.24, 2.45) is 0 Å². The molecule has 28 heavy (non-hydrogen) atoms. The van der Waals surface area contributed by atoms with Gasteiger partial charge in [0.25, 0.3) is 0 Å². The van der Waals surface area contributed by atoms with Gasteiger partial charge in [-0.2, -0.15) is 4.98 Å². The topological polar surface area (TPSA) is 81.7 Å². The van der Waals surface area contributed by atoms with E-state index >= 15 is 0 Å². The predicted octanol–water partition coefficient (Wildman–Crippen LogP) is 4.44. The summed E-state index contributed by atoms with van der Waals surface area (Å²) in [6.07, 6.45) is 0. The van der Waals surface area contributed by atoms with Crippen LogP contribution in [0.2, 0.25) is 0 Å². The van der Waals surface area contributed by atoms with Crippen molar-refractivity contribution in [2.75, 3.05) is 11.1 Å². The van der Waals surface area contributed by atoms with E-state index in [4.69, 9.17) is 10.7 Å². The van der Waals surface area contributed by atoms with Gasteiger partial charge >= 0.3 is 0 Å². The minimum absolute atomic E-state index is 0.254. The quantitative estimate of drug-likeness (QED) is 0.553. The first-order valence-corrected chi connectivity index (χ1v) is 9.33. The van der Waals surface area contributed by atoms with E-state index in [9.17, 15) is 0 Å². The van der Waals surface area contributed by atoms with Crippen molar-refractivity contribution in [3.63, 3.8) is 0 Å². The Morgan fingerprint density at radius 1 is 0.929 bits per heavy atom. The number of nitrogens with one attached hydrogen (secondary N) is 1. The molecule has 3 N–H and O–H groups in total. The fraction of sp³-hybridized carbons (Fsp3) is 0.227. The van der Waals surface area contributed by atoms with Crippen LogP contribution in [-0.2, 0) is 12.1 Å². The molecule has 0 aliphatic carbocycles. The van der Waals surface area contributed by atoms with Crippen molar-refractivity contribution in [2.45, 2.75) is 32.9 Å². The molecule has 2 aromatic carbocycles. The number of hydrogen-bond donors (Lipinski definition) is 2. The summed E-state index contributed by atoms with van der Waals surface area (Å²) < 4.78 is 1.82. The third-order valence-electron chi connectivity index (χ3n) is 4.55.